The largest absolute Gasteiger partial charge is 0.510 e. The van der Waals surface area contributed by atoms with Crippen LogP contribution in [-0.4, -0.2) is 22.5 Å². The lowest BCUT2D eigenvalue weighted by Crippen LogP contribution is -2.26. The fraction of sp³-hybridized carbons (Fsp3) is 0.143. The molecule has 1 aliphatic rings. The SMILES string of the molecule is Cc1ccc(-c2csc(C3=C(O)CN(c4cccc(C(F)(F)F)c4)C3=N)n2)cc1. The van der Waals surface area contributed by atoms with Gasteiger partial charge in [0, 0.05) is 16.6 Å². The van der Waals surface area contributed by atoms with Crippen molar-refractivity contribution in [2.45, 2.75) is 13.1 Å². The number of rotatable bonds is 3. The number of nitrogens with one attached hydrogen (secondary N) is 1. The quantitative estimate of drug-likeness (QED) is 0.560. The topological polar surface area (TPSA) is 60.2 Å². The Labute approximate surface area is 169 Å². The molecule has 0 radical (unpaired) electrons. The van der Waals surface area contributed by atoms with Crippen LogP contribution in [0.2, 0.25) is 0 Å². The van der Waals surface area contributed by atoms with Crippen LogP contribution in [0.3, 0.4) is 0 Å². The zero-order valence-electron chi connectivity index (χ0n) is 15.3. The summed E-state index contributed by atoms with van der Waals surface area (Å²) in [4.78, 5) is 5.87. The van der Waals surface area contributed by atoms with E-state index in [9.17, 15) is 18.3 Å². The van der Waals surface area contributed by atoms with Gasteiger partial charge in [0.25, 0.3) is 0 Å². The first kappa shape index (κ1) is 19.2. The van der Waals surface area contributed by atoms with Gasteiger partial charge < -0.3 is 10.0 Å². The van der Waals surface area contributed by atoms with E-state index in [0.29, 0.717) is 5.01 Å². The van der Waals surface area contributed by atoms with Gasteiger partial charge in [-0.3, -0.25) is 5.41 Å². The predicted octanol–water partition coefficient (Wildman–Crippen LogP) is 5.90. The van der Waals surface area contributed by atoms with Crippen LogP contribution in [0.5, 0.6) is 0 Å². The number of anilines is 1. The lowest BCUT2D eigenvalue weighted by Gasteiger charge is -2.20. The number of amidine groups is 1. The average molecular weight is 415 g/mol. The summed E-state index contributed by atoms with van der Waals surface area (Å²) in [6.45, 7) is 1.91. The Bertz CT molecular complexity index is 1120. The van der Waals surface area contributed by atoms with E-state index in [4.69, 9.17) is 5.41 Å². The molecule has 0 spiro atoms. The minimum atomic E-state index is -4.48. The molecule has 0 saturated heterocycles. The van der Waals surface area contributed by atoms with Crippen molar-refractivity contribution in [2.75, 3.05) is 11.4 Å². The molecular formula is C21H16F3N3OS. The van der Waals surface area contributed by atoms with E-state index in [-0.39, 0.29) is 29.4 Å². The number of aryl methyl sites for hydroxylation is 1. The van der Waals surface area contributed by atoms with Crippen LogP contribution in [0.15, 0.2) is 59.7 Å². The normalized spacial score (nSPS) is 14.8. The van der Waals surface area contributed by atoms with Gasteiger partial charge >= 0.3 is 6.18 Å². The number of hydrogen-bond acceptors (Lipinski definition) is 4. The monoisotopic (exact) mass is 415 g/mol. The van der Waals surface area contributed by atoms with Crippen molar-refractivity contribution in [3.05, 3.63) is 75.8 Å². The fourth-order valence-electron chi connectivity index (χ4n) is 3.12. The molecule has 29 heavy (non-hydrogen) atoms. The molecule has 3 aromatic rings. The van der Waals surface area contributed by atoms with E-state index < -0.39 is 11.7 Å². The summed E-state index contributed by atoms with van der Waals surface area (Å²) in [6, 6.07) is 12.6. The second-order valence-electron chi connectivity index (χ2n) is 6.71. The highest BCUT2D eigenvalue weighted by atomic mass is 32.1. The van der Waals surface area contributed by atoms with Gasteiger partial charge in [0.1, 0.15) is 16.6 Å². The summed E-state index contributed by atoms with van der Waals surface area (Å²) in [5.74, 6) is -0.163. The maximum atomic E-state index is 13.0. The molecule has 4 rings (SSSR count). The Hall–Kier alpha value is -3.13. The fourth-order valence-corrected chi connectivity index (χ4v) is 4.02. The Morgan fingerprint density at radius 2 is 1.86 bits per heavy atom. The molecule has 0 bridgehead atoms. The first-order valence-corrected chi connectivity index (χ1v) is 9.61. The van der Waals surface area contributed by atoms with Crippen LogP contribution >= 0.6 is 11.3 Å². The number of hydrogen-bond donors (Lipinski definition) is 2. The van der Waals surface area contributed by atoms with Crippen molar-refractivity contribution in [3.63, 3.8) is 0 Å². The van der Waals surface area contributed by atoms with Crippen LogP contribution in [0.25, 0.3) is 16.8 Å². The van der Waals surface area contributed by atoms with Crippen LogP contribution in [0.1, 0.15) is 16.1 Å². The van der Waals surface area contributed by atoms with Gasteiger partial charge in [-0.1, -0.05) is 35.9 Å². The number of thiazole rings is 1. The van der Waals surface area contributed by atoms with Gasteiger partial charge in [0.05, 0.1) is 23.4 Å². The molecule has 0 unspecified atom stereocenters. The van der Waals surface area contributed by atoms with Crippen molar-refractivity contribution in [3.8, 4) is 11.3 Å². The zero-order valence-corrected chi connectivity index (χ0v) is 16.1. The highest BCUT2D eigenvalue weighted by Crippen LogP contribution is 2.36. The summed E-state index contributed by atoms with van der Waals surface area (Å²) in [5.41, 5.74) is 2.39. The van der Waals surface area contributed by atoms with Gasteiger partial charge in [-0.25, -0.2) is 4.98 Å². The van der Waals surface area contributed by atoms with Crippen molar-refractivity contribution in [1.82, 2.24) is 4.98 Å². The van der Waals surface area contributed by atoms with Crippen LogP contribution < -0.4 is 4.90 Å². The molecule has 1 aromatic heterocycles. The van der Waals surface area contributed by atoms with Gasteiger partial charge in [-0.2, -0.15) is 13.2 Å². The lowest BCUT2D eigenvalue weighted by molar-refractivity contribution is -0.137. The molecule has 1 aliphatic heterocycles. The third kappa shape index (κ3) is 3.63. The van der Waals surface area contributed by atoms with E-state index in [1.165, 1.54) is 28.4 Å². The van der Waals surface area contributed by atoms with Crippen LogP contribution in [0, 0.1) is 12.3 Å². The van der Waals surface area contributed by atoms with Gasteiger partial charge in [0.15, 0.2) is 0 Å². The van der Waals surface area contributed by atoms with E-state index >= 15 is 0 Å². The molecule has 0 atom stereocenters. The number of aliphatic hydroxyl groups excluding tert-OH is 1. The smallest absolute Gasteiger partial charge is 0.416 e. The van der Waals surface area contributed by atoms with Crippen LogP contribution in [-0.2, 0) is 6.18 Å². The molecule has 2 N–H and O–H groups in total. The molecule has 0 saturated carbocycles. The zero-order chi connectivity index (χ0) is 20.8. The van der Waals surface area contributed by atoms with E-state index in [0.717, 1.165) is 29.0 Å². The molecule has 2 aromatic carbocycles. The number of alkyl halides is 3. The minimum absolute atomic E-state index is 0.0745. The Kier molecular flexibility index (Phi) is 4.66. The molecular weight excluding hydrogens is 399 g/mol. The number of benzene rings is 2. The third-order valence-electron chi connectivity index (χ3n) is 4.65. The first-order chi connectivity index (χ1) is 13.7. The summed E-state index contributed by atoms with van der Waals surface area (Å²) in [5, 5.41) is 21.2. The second kappa shape index (κ2) is 7.04. The minimum Gasteiger partial charge on any atom is -0.510 e. The molecule has 4 nitrogen and oxygen atoms in total. The molecule has 148 valence electrons. The Morgan fingerprint density at radius 1 is 1.14 bits per heavy atom. The highest BCUT2D eigenvalue weighted by molar-refractivity contribution is 7.11. The average Bonchev–Trinajstić information content (AvgIpc) is 3.26. The molecule has 0 aliphatic carbocycles. The third-order valence-corrected chi connectivity index (χ3v) is 5.51. The predicted molar refractivity (Wildman–Crippen MR) is 108 cm³/mol. The lowest BCUT2D eigenvalue weighted by atomic mass is 10.1. The van der Waals surface area contributed by atoms with Crippen molar-refractivity contribution in [2.24, 2.45) is 0 Å². The maximum Gasteiger partial charge on any atom is 0.416 e. The first-order valence-electron chi connectivity index (χ1n) is 8.73. The Balaban J connectivity index is 1.63. The van der Waals surface area contributed by atoms with E-state index in [1.54, 1.807) is 0 Å². The highest BCUT2D eigenvalue weighted by Gasteiger charge is 2.34. The summed E-state index contributed by atoms with van der Waals surface area (Å²) >= 11 is 1.28. The number of aliphatic hydroxyl groups is 1. The number of halogens is 3. The molecule has 2 heterocycles. The van der Waals surface area contributed by atoms with E-state index in [1.807, 2.05) is 36.6 Å². The van der Waals surface area contributed by atoms with Gasteiger partial charge in [-0.05, 0) is 25.1 Å². The van der Waals surface area contributed by atoms with Gasteiger partial charge in [-0.15, -0.1) is 11.3 Å². The number of nitrogens with zero attached hydrogens (tertiary/aromatic N) is 2. The summed E-state index contributed by atoms with van der Waals surface area (Å²) in [7, 11) is 0. The van der Waals surface area contributed by atoms with Gasteiger partial charge in [0.2, 0.25) is 0 Å². The number of aromatic nitrogens is 1. The Morgan fingerprint density at radius 3 is 2.55 bits per heavy atom. The second-order valence-corrected chi connectivity index (χ2v) is 7.57. The van der Waals surface area contributed by atoms with Crippen molar-refractivity contribution < 1.29 is 18.3 Å². The van der Waals surface area contributed by atoms with E-state index in [2.05, 4.69) is 4.98 Å². The summed E-state index contributed by atoms with van der Waals surface area (Å²) in [6.07, 6.45) is -4.48. The summed E-state index contributed by atoms with van der Waals surface area (Å²) < 4.78 is 39.1. The van der Waals surface area contributed by atoms with Crippen molar-refractivity contribution >= 4 is 28.4 Å². The molecule has 0 fully saturated rings. The standard InChI is InChI=1S/C21H16F3N3OS/c1-12-5-7-13(8-6-12)16-11-29-20(26-16)18-17(28)10-27(19(18)25)15-4-2-3-14(9-15)21(22,23)24/h2-9,11,25,28H,10H2,1H3. The van der Waals surface area contributed by atoms with Crippen LogP contribution in [0.4, 0.5) is 18.9 Å². The van der Waals surface area contributed by atoms with Crippen molar-refractivity contribution in [1.29, 1.82) is 5.41 Å². The molecule has 8 heteroatoms. The maximum absolute atomic E-state index is 13.0. The molecule has 0 amide bonds.